The van der Waals surface area contributed by atoms with E-state index in [-0.39, 0.29) is 0 Å². The molecule has 0 aliphatic heterocycles. The van der Waals surface area contributed by atoms with Gasteiger partial charge in [0.05, 0.1) is 20.8 Å². The third-order valence-electron chi connectivity index (χ3n) is 3.66. The maximum atomic E-state index is 11.2. The lowest BCUT2D eigenvalue weighted by molar-refractivity contribution is 0.112. The number of aldehydes is 1. The Labute approximate surface area is 148 Å². The van der Waals surface area contributed by atoms with Crippen molar-refractivity contribution in [1.29, 1.82) is 0 Å². The fourth-order valence-corrected chi connectivity index (χ4v) is 2.35. The normalized spacial score (nSPS) is 10.2. The summed E-state index contributed by atoms with van der Waals surface area (Å²) in [4.78, 5) is 11.2. The van der Waals surface area contributed by atoms with Crippen LogP contribution < -0.4 is 18.9 Å². The molecule has 0 spiro atoms. The van der Waals surface area contributed by atoms with Crippen molar-refractivity contribution in [2.75, 3.05) is 20.8 Å². The van der Waals surface area contributed by atoms with Crippen molar-refractivity contribution in [3.05, 3.63) is 42.0 Å². The highest BCUT2D eigenvalue weighted by Crippen LogP contribution is 2.41. The summed E-state index contributed by atoms with van der Waals surface area (Å²) in [6.45, 7) is 2.69. The average molecular weight is 344 g/mol. The summed E-state index contributed by atoms with van der Waals surface area (Å²) in [5.74, 6) is 2.67. The molecule has 0 aliphatic carbocycles. The maximum Gasteiger partial charge on any atom is 0.204 e. The summed E-state index contributed by atoms with van der Waals surface area (Å²) in [6.07, 6.45) is 3.88. The number of rotatable bonds is 10. The predicted molar refractivity (Wildman–Crippen MR) is 96.5 cm³/mol. The highest BCUT2D eigenvalue weighted by molar-refractivity contribution is 5.78. The van der Waals surface area contributed by atoms with E-state index in [1.54, 1.807) is 25.3 Å². The van der Waals surface area contributed by atoms with E-state index in [1.807, 2.05) is 18.2 Å². The minimum absolute atomic E-state index is 0.436. The quantitative estimate of drug-likeness (QED) is 0.454. The summed E-state index contributed by atoms with van der Waals surface area (Å²) in [6, 6.07) is 10.5. The van der Waals surface area contributed by atoms with Crippen LogP contribution in [0.2, 0.25) is 0 Å². The number of methoxy groups -OCH3 is 2. The molecule has 5 nitrogen and oxygen atoms in total. The Bertz CT molecular complexity index is 696. The molecule has 25 heavy (non-hydrogen) atoms. The fraction of sp³-hybridized carbons (Fsp3) is 0.350. The van der Waals surface area contributed by atoms with E-state index >= 15 is 0 Å². The molecule has 2 aromatic rings. The Morgan fingerprint density at radius 1 is 0.960 bits per heavy atom. The van der Waals surface area contributed by atoms with E-state index in [2.05, 4.69) is 6.92 Å². The first-order chi connectivity index (χ1) is 12.2. The standard InChI is InChI=1S/C20H24O5/c1-4-5-6-10-24-20-18(23-3)11-15(14-21)12-19(20)25-17-9-7-8-16(13-17)22-2/h7-9,11-14H,4-6,10H2,1-3H3. The van der Waals surface area contributed by atoms with Crippen LogP contribution in [0, 0.1) is 0 Å². The number of benzene rings is 2. The maximum absolute atomic E-state index is 11.2. The first-order valence-corrected chi connectivity index (χ1v) is 8.33. The molecular formula is C20H24O5. The van der Waals surface area contributed by atoms with E-state index in [0.717, 1.165) is 25.5 Å². The molecule has 0 fully saturated rings. The molecule has 0 amide bonds. The molecule has 0 saturated heterocycles. The zero-order valence-corrected chi connectivity index (χ0v) is 14.9. The van der Waals surface area contributed by atoms with Gasteiger partial charge in [-0.25, -0.2) is 0 Å². The van der Waals surface area contributed by atoms with Gasteiger partial charge in [0.2, 0.25) is 5.75 Å². The zero-order chi connectivity index (χ0) is 18.1. The van der Waals surface area contributed by atoms with Crippen LogP contribution in [0.25, 0.3) is 0 Å². The van der Waals surface area contributed by atoms with Crippen LogP contribution in [0.5, 0.6) is 28.7 Å². The second-order valence-corrected chi connectivity index (χ2v) is 5.50. The molecule has 0 heterocycles. The molecule has 0 aliphatic rings. The van der Waals surface area contributed by atoms with Gasteiger partial charge < -0.3 is 18.9 Å². The van der Waals surface area contributed by atoms with Gasteiger partial charge in [-0.15, -0.1) is 0 Å². The molecule has 0 atom stereocenters. The molecule has 0 saturated carbocycles. The lowest BCUT2D eigenvalue weighted by Crippen LogP contribution is -2.02. The van der Waals surface area contributed by atoms with Crippen molar-refractivity contribution in [2.24, 2.45) is 0 Å². The second-order valence-electron chi connectivity index (χ2n) is 5.50. The van der Waals surface area contributed by atoms with E-state index in [9.17, 15) is 4.79 Å². The molecule has 2 aromatic carbocycles. The van der Waals surface area contributed by atoms with Gasteiger partial charge >= 0.3 is 0 Å². The summed E-state index contributed by atoms with van der Waals surface area (Å²) < 4.78 is 22.4. The third-order valence-corrected chi connectivity index (χ3v) is 3.66. The highest BCUT2D eigenvalue weighted by Gasteiger charge is 2.16. The molecule has 0 radical (unpaired) electrons. The van der Waals surface area contributed by atoms with Crippen molar-refractivity contribution >= 4 is 6.29 Å². The van der Waals surface area contributed by atoms with Gasteiger partial charge in [-0.05, 0) is 30.7 Å². The topological polar surface area (TPSA) is 54.0 Å². The monoisotopic (exact) mass is 344 g/mol. The van der Waals surface area contributed by atoms with Crippen molar-refractivity contribution in [3.63, 3.8) is 0 Å². The van der Waals surface area contributed by atoms with Crippen molar-refractivity contribution < 1.29 is 23.7 Å². The summed E-state index contributed by atoms with van der Waals surface area (Å²) in [5.41, 5.74) is 0.454. The van der Waals surface area contributed by atoms with Gasteiger partial charge in [-0.1, -0.05) is 25.8 Å². The molecule has 0 bridgehead atoms. The van der Waals surface area contributed by atoms with Crippen LogP contribution in [0.3, 0.4) is 0 Å². The van der Waals surface area contributed by atoms with Gasteiger partial charge in [0.15, 0.2) is 11.5 Å². The smallest absolute Gasteiger partial charge is 0.204 e. The van der Waals surface area contributed by atoms with E-state index < -0.39 is 0 Å². The van der Waals surface area contributed by atoms with Crippen LogP contribution >= 0.6 is 0 Å². The first kappa shape index (κ1) is 18.6. The summed E-state index contributed by atoms with van der Waals surface area (Å²) in [5, 5.41) is 0. The van der Waals surface area contributed by atoms with Crippen LogP contribution in [0.1, 0.15) is 36.5 Å². The second kappa shape index (κ2) is 9.57. The molecule has 134 valence electrons. The predicted octanol–water partition coefficient (Wildman–Crippen LogP) is 4.88. The SMILES string of the molecule is CCCCCOc1c(OC)cc(C=O)cc1Oc1cccc(OC)c1. The van der Waals surface area contributed by atoms with Gasteiger partial charge in [0.25, 0.3) is 0 Å². The minimum Gasteiger partial charge on any atom is -0.497 e. The van der Waals surface area contributed by atoms with Crippen LogP contribution in [0.4, 0.5) is 0 Å². The molecule has 0 N–H and O–H groups in total. The van der Waals surface area contributed by atoms with Crippen LogP contribution in [0.15, 0.2) is 36.4 Å². The summed E-state index contributed by atoms with van der Waals surface area (Å²) >= 11 is 0. The Morgan fingerprint density at radius 2 is 1.72 bits per heavy atom. The number of unbranched alkanes of at least 4 members (excludes halogenated alkanes) is 2. The molecule has 0 aromatic heterocycles. The number of hydrogen-bond donors (Lipinski definition) is 0. The fourth-order valence-electron chi connectivity index (χ4n) is 2.35. The lowest BCUT2D eigenvalue weighted by atomic mass is 10.2. The Kier molecular flexibility index (Phi) is 7.14. The van der Waals surface area contributed by atoms with Gasteiger partial charge in [0.1, 0.15) is 17.8 Å². The van der Waals surface area contributed by atoms with Crippen molar-refractivity contribution in [1.82, 2.24) is 0 Å². The number of carbonyl (C=O) groups is 1. The molecule has 0 unspecified atom stereocenters. The van der Waals surface area contributed by atoms with Crippen molar-refractivity contribution in [2.45, 2.75) is 26.2 Å². The van der Waals surface area contributed by atoms with Gasteiger partial charge in [-0.2, -0.15) is 0 Å². The number of hydrogen-bond acceptors (Lipinski definition) is 5. The van der Waals surface area contributed by atoms with Crippen LogP contribution in [-0.2, 0) is 0 Å². The van der Waals surface area contributed by atoms with E-state index in [1.165, 1.54) is 7.11 Å². The van der Waals surface area contributed by atoms with Gasteiger partial charge in [-0.3, -0.25) is 4.79 Å². The Hall–Kier alpha value is -2.69. The zero-order valence-electron chi connectivity index (χ0n) is 14.9. The molecule has 2 rings (SSSR count). The largest absolute Gasteiger partial charge is 0.497 e. The average Bonchev–Trinajstić information content (AvgIpc) is 2.65. The third kappa shape index (κ3) is 5.14. The molecular weight excluding hydrogens is 320 g/mol. The first-order valence-electron chi connectivity index (χ1n) is 8.33. The summed E-state index contributed by atoms with van der Waals surface area (Å²) in [7, 11) is 3.13. The van der Waals surface area contributed by atoms with E-state index in [0.29, 0.717) is 40.9 Å². The Morgan fingerprint density at radius 3 is 2.40 bits per heavy atom. The van der Waals surface area contributed by atoms with Gasteiger partial charge in [0, 0.05) is 11.6 Å². The minimum atomic E-state index is 0.436. The Balaban J connectivity index is 2.32. The molecule has 5 heteroatoms. The number of ether oxygens (including phenoxy) is 4. The van der Waals surface area contributed by atoms with Crippen LogP contribution in [-0.4, -0.2) is 27.1 Å². The highest BCUT2D eigenvalue weighted by atomic mass is 16.5. The van der Waals surface area contributed by atoms with E-state index in [4.69, 9.17) is 18.9 Å². The van der Waals surface area contributed by atoms with Crippen molar-refractivity contribution in [3.8, 4) is 28.7 Å². The lowest BCUT2D eigenvalue weighted by Gasteiger charge is -2.16. The number of carbonyl (C=O) groups excluding carboxylic acids is 1.